The lowest BCUT2D eigenvalue weighted by Gasteiger charge is -2.18. The number of amides is 2. The van der Waals surface area contributed by atoms with Crippen LogP contribution < -0.4 is 10.6 Å². The predicted molar refractivity (Wildman–Crippen MR) is 126 cm³/mol. The van der Waals surface area contributed by atoms with E-state index in [0.29, 0.717) is 40.2 Å². The number of anilines is 3. The van der Waals surface area contributed by atoms with Crippen LogP contribution in [-0.2, 0) is 11.3 Å². The Hall–Kier alpha value is -3.40. The number of nitrogens with zero attached hydrogens (tertiary/aromatic N) is 4. The molecule has 0 fully saturated rings. The first kappa shape index (κ1) is 23.3. The summed E-state index contributed by atoms with van der Waals surface area (Å²) in [6.07, 6.45) is 3.30. The maximum atomic E-state index is 12.7. The topological polar surface area (TPSA) is 112 Å². The summed E-state index contributed by atoms with van der Waals surface area (Å²) in [6, 6.07) is 3.35. The minimum Gasteiger partial charge on any atom is -0.508 e. The number of nitrogens with one attached hydrogen (secondary N) is 2. The molecule has 0 saturated heterocycles. The van der Waals surface area contributed by atoms with Crippen molar-refractivity contribution in [1.29, 1.82) is 0 Å². The van der Waals surface area contributed by atoms with Gasteiger partial charge in [-0.2, -0.15) is 5.10 Å². The number of hydrogen-bond donors (Lipinski definition) is 3. The van der Waals surface area contributed by atoms with Crippen LogP contribution >= 0.6 is 11.3 Å². The molecule has 32 heavy (non-hydrogen) atoms. The van der Waals surface area contributed by atoms with Crippen LogP contribution in [0, 0.1) is 20.8 Å². The summed E-state index contributed by atoms with van der Waals surface area (Å²) < 4.78 is 1.60. The van der Waals surface area contributed by atoms with Crippen molar-refractivity contribution in [3.05, 3.63) is 46.1 Å². The molecule has 0 bridgehead atoms. The Morgan fingerprint density at radius 1 is 1.16 bits per heavy atom. The molecule has 9 nitrogen and oxygen atoms in total. The molecule has 0 saturated carbocycles. The van der Waals surface area contributed by atoms with Gasteiger partial charge in [-0.3, -0.25) is 14.3 Å². The van der Waals surface area contributed by atoms with Crippen LogP contribution in [-0.4, -0.2) is 49.7 Å². The van der Waals surface area contributed by atoms with Gasteiger partial charge in [0.15, 0.2) is 10.9 Å². The van der Waals surface area contributed by atoms with E-state index in [2.05, 4.69) is 20.7 Å². The number of aromatic hydroxyl groups is 1. The van der Waals surface area contributed by atoms with Crippen molar-refractivity contribution in [2.45, 2.75) is 41.2 Å². The van der Waals surface area contributed by atoms with Crippen molar-refractivity contribution >= 4 is 39.8 Å². The van der Waals surface area contributed by atoms with Crippen molar-refractivity contribution in [2.24, 2.45) is 0 Å². The van der Waals surface area contributed by atoms with Crippen molar-refractivity contribution < 1.29 is 14.7 Å². The molecule has 0 aliphatic heterocycles. The maximum Gasteiger partial charge on any atom is 0.267 e. The second-order valence-electron chi connectivity index (χ2n) is 7.43. The van der Waals surface area contributed by atoms with E-state index >= 15 is 0 Å². The zero-order chi connectivity index (χ0) is 23.4. The van der Waals surface area contributed by atoms with Crippen molar-refractivity contribution in [3.63, 3.8) is 0 Å². The van der Waals surface area contributed by atoms with E-state index in [0.717, 1.165) is 11.1 Å². The highest BCUT2D eigenvalue weighted by Gasteiger charge is 2.17. The molecule has 2 amide bonds. The first-order chi connectivity index (χ1) is 15.2. The van der Waals surface area contributed by atoms with Crippen LogP contribution in [0.1, 0.15) is 40.2 Å². The highest BCUT2D eigenvalue weighted by Crippen LogP contribution is 2.29. The molecule has 10 heteroatoms. The Labute approximate surface area is 191 Å². The second-order valence-corrected chi connectivity index (χ2v) is 8.47. The van der Waals surface area contributed by atoms with Gasteiger partial charge in [-0.15, -0.1) is 0 Å². The summed E-state index contributed by atoms with van der Waals surface area (Å²) in [7, 11) is 0. The van der Waals surface area contributed by atoms with E-state index in [1.807, 2.05) is 27.7 Å². The van der Waals surface area contributed by atoms with Crippen LogP contribution in [0.15, 0.2) is 24.5 Å². The van der Waals surface area contributed by atoms with E-state index in [1.165, 1.54) is 17.5 Å². The molecule has 0 atom stereocenters. The van der Waals surface area contributed by atoms with Gasteiger partial charge < -0.3 is 20.6 Å². The van der Waals surface area contributed by atoms with E-state index in [4.69, 9.17) is 0 Å². The monoisotopic (exact) mass is 456 g/mol. The fourth-order valence-corrected chi connectivity index (χ4v) is 3.99. The van der Waals surface area contributed by atoms with E-state index in [1.54, 1.807) is 34.8 Å². The van der Waals surface area contributed by atoms with Crippen molar-refractivity contribution in [2.75, 3.05) is 23.7 Å². The Morgan fingerprint density at radius 3 is 2.56 bits per heavy atom. The van der Waals surface area contributed by atoms with E-state index in [9.17, 15) is 14.7 Å². The number of aryl methyl sites for hydroxylation is 2. The third-order valence-corrected chi connectivity index (χ3v) is 6.11. The smallest absolute Gasteiger partial charge is 0.267 e. The number of hydrogen-bond acceptors (Lipinski definition) is 7. The zero-order valence-corrected chi connectivity index (χ0v) is 19.7. The zero-order valence-electron chi connectivity index (χ0n) is 18.9. The number of thiazole rings is 1. The van der Waals surface area contributed by atoms with Gasteiger partial charge in [0.2, 0.25) is 5.91 Å². The summed E-state index contributed by atoms with van der Waals surface area (Å²) in [5.41, 5.74) is 2.92. The Morgan fingerprint density at radius 2 is 1.88 bits per heavy atom. The number of aromatic nitrogens is 3. The molecular weight excluding hydrogens is 428 g/mol. The summed E-state index contributed by atoms with van der Waals surface area (Å²) in [5, 5.41) is 20.9. The fraction of sp³-hybridized carbons (Fsp3) is 0.364. The van der Waals surface area contributed by atoms with Crippen LogP contribution in [0.3, 0.4) is 0 Å². The van der Waals surface area contributed by atoms with Crippen molar-refractivity contribution in [3.8, 4) is 5.75 Å². The highest BCUT2D eigenvalue weighted by atomic mass is 32.1. The fourth-order valence-electron chi connectivity index (χ4n) is 3.28. The van der Waals surface area contributed by atoms with E-state index in [-0.39, 0.29) is 24.1 Å². The Bertz CT molecular complexity index is 1130. The molecule has 0 radical (unpaired) electrons. The first-order valence-electron chi connectivity index (χ1n) is 10.4. The number of phenols is 1. The summed E-state index contributed by atoms with van der Waals surface area (Å²) in [5.74, 6) is 0.413. The molecule has 0 aliphatic rings. The lowest BCUT2D eigenvalue weighted by molar-refractivity contribution is -0.131. The minimum atomic E-state index is -0.306. The van der Waals surface area contributed by atoms with Gasteiger partial charge >= 0.3 is 0 Å². The maximum absolute atomic E-state index is 12.7. The first-order valence-corrected chi connectivity index (χ1v) is 11.2. The van der Waals surface area contributed by atoms with Gasteiger partial charge in [0, 0.05) is 30.4 Å². The average molecular weight is 457 g/mol. The highest BCUT2D eigenvalue weighted by molar-refractivity contribution is 7.17. The quantitative estimate of drug-likeness (QED) is 0.475. The number of phenolic OH excluding ortho intramolecular Hbond substituents is 1. The van der Waals surface area contributed by atoms with Gasteiger partial charge in [-0.05, 0) is 46.2 Å². The third-order valence-electron chi connectivity index (χ3n) is 5.20. The lowest BCUT2D eigenvalue weighted by atomic mass is 10.1. The number of rotatable bonds is 8. The van der Waals surface area contributed by atoms with Gasteiger partial charge in [-0.1, -0.05) is 17.4 Å². The number of carbonyl (C=O) groups excluding carboxylic acids is 2. The molecule has 3 N–H and O–H groups in total. The van der Waals surface area contributed by atoms with Crippen LogP contribution in [0.2, 0.25) is 0 Å². The van der Waals surface area contributed by atoms with Crippen LogP contribution in [0.5, 0.6) is 5.75 Å². The number of carbonyl (C=O) groups is 2. The van der Waals surface area contributed by atoms with Gasteiger partial charge in [0.25, 0.3) is 5.91 Å². The standard InChI is InChI=1S/C22H28N6O3S/c1-6-27(7-2)18(30)12-28-11-14(4)20(26-28)25-22-23-10-17(32-22)21(31)24-19-13(3)8-9-16(29)15(19)5/h8-11,29H,6-7,12H2,1-5H3,(H,24,31)(H,23,25,26). The van der Waals surface area contributed by atoms with Gasteiger partial charge in [0.05, 0.1) is 11.9 Å². The molecule has 0 aliphatic carbocycles. The van der Waals surface area contributed by atoms with Gasteiger partial charge in [-0.25, -0.2) is 4.98 Å². The van der Waals surface area contributed by atoms with Crippen LogP contribution in [0.25, 0.3) is 0 Å². The molecule has 1 aromatic carbocycles. The van der Waals surface area contributed by atoms with Gasteiger partial charge in [0.1, 0.15) is 17.2 Å². The summed E-state index contributed by atoms with van der Waals surface area (Å²) in [4.78, 5) is 31.5. The molecule has 0 spiro atoms. The molecule has 170 valence electrons. The predicted octanol–water partition coefficient (Wildman–Crippen LogP) is 3.83. The summed E-state index contributed by atoms with van der Waals surface area (Å²) in [6.45, 7) is 10.9. The van der Waals surface area contributed by atoms with Crippen LogP contribution in [0.4, 0.5) is 16.6 Å². The largest absolute Gasteiger partial charge is 0.508 e. The minimum absolute atomic E-state index is 0.00907. The normalized spacial score (nSPS) is 10.8. The molecule has 2 aromatic heterocycles. The third kappa shape index (κ3) is 5.08. The Balaban J connectivity index is 1.69. The number of likely N-dealkylation sites (N-methyl/N-ethyl adjacent to an activating group) is 1. The molecule has 3 rings (SSSR count). The molecular formula is C22H28N6O3S. The van der Waals surface area contributed by atoms with Crippen molar-refractivity contribution in [1.82, 2.24) is 19.7 Å². The molecule has 0 unspecified atom stereocenters. The number of benzene rings is 1. The average Bonchev–Trinajstić information content (AvgIpc) is 3.36. The lowest BCUT2D eigenvalue weighted by Crippen LogP contribution is -2.33. The summed E-state index contributed by atoms with van der Waals surface area (Å²) >= 11 is 1.19. The molecule has 2 heterocycles. The SMILES string of the molecule is CCN(CC)C(=O)Cn1cc(C)c(Nc2ncc(C(=O)Nc3c(C)ccc(O)c3C)s2)n1. The molecule has 3 aromatic rings. The Kier molecular flexibility index (Phi) is 7.14. The van der Waals surface area contributed by atoms with E-state index < -0.39 is 0 Å². The second kappa shape index (κ2) is 9.82.